The zero-order chi connectivity index (χ0) is 7.15. The van der Waals surface area contributed by atoms with Gasteiger partial charge < -0.3 is 26.3 Å². The van der Waals surface area contributed by atoms with Crippen LogP contribution in [0.4, 0.5) is 26.3 Å². The van der Waals surface area contributed by atoms with Crippen LogP contribution in [0.15, 0.2) is 0 Å². The second-order valence-electron chi connectivity index (χ2n) is 0.429. The van der Waals surface area contributed by atoms with Crippen molar-refractivity contribution in [2.24, 2.45) is 0 Å². The summed E-state index contributed by atoms with van der Waals surface area (Å²) in [5.41, 5.74) is 0. The minimum Gasteiger partial charge on any atom is -0.385 e. The molecule has 0 fully saturated rings. The maximum absolute atomic E-state index is 9.58. The summed E-state index contributed by atoms with van der Waals surface area (Å²) < 4.78 is 57.5. The molecule has 0 aliphatic rings. The minimum atomic E-state index is -3.08. The number of hydrogen-bond donors (Lipinski definition) is 0. The smallest absolute Gasteiger partial charge is 0.385 e. The summed E-state index contributed by atoms with van der Waals surface area (Å²) in [7, 11) is 0. The van der Waals surface area contributed by atoms with Crippen LogP contribution in [0.5, 0.6) is 0 Å². The molecule has 0 aromatic rings. The van der Waals surface area contributed by atoms with Crippen LogP contribution in [0.25, 0.3) is 0 Å². The number of rotatable bonds is 0. The van der Waals surface area contributed by atoms with Crippen molar-refractivity contribution in [3.8, 4) is 0 Å². The van der Waals surface area contributed by atoms with Gasteiger partial charge in [0.1, 0.15) is 0 Å². The zero-order valence-electron chi connectivity index (χ0n) is 4.38. The Morgan fingerprint density at radius 3 is 0.600 bits per heavy atom. The number of halogens is 7. The van der Waals surface area contributed by atoms with Crippen LogP contribution in [0.3, 0.4) is 0 Å². The molecule has 0 radical (unpaired) electrons. The number of hydrogen-bond acceptors (Lipinski definition) is 0. The SMILES string of the molecule is Br.F[C-](F)F.F[C-](F)F.[Mg+2]. The molecular weight excluding hydrogens is 242 g/mol. The van der Waals surface area contributed by atoms with Gasteiger partial charge in [0.05, 0.1) is 0 Å². The third kappa shape index (κ3) is 792. The van der Waals surface area contributed by atoms with Crippen molar-refractivity contribution in [2.75, 3.05) is 0 Å². The van der Waals surface area contributed by atoms with Gasteiger partial charge in [-0.3, -0.25) is 0 Å². The van der Waals surface area contributed by atoms with Crippen molar-refractivity contribution in [1.82, 2.24) is 0 Å². The first-order valence-corrected chi connectivity index (χ1v) is 1.13. The summed E-state index contributed by atoms with van der Waals surface area (Å²) in [5, 5.41) is 0. The van der Waals surface area contributed by atoms with Gasteiger partial charge in [-0.15, -0.1) is 17.0 Å². The predicted molar refractivity (Wildman–Crippen MR) is 29.2 cm³/mol. The fourth-order valence-corrected chi connectivity index (χ4v) is 0. The van der Waals surface area contributed by atoms with Crippen LogP contribution in [0.1, 0.15) is 0 Å². The molecule has 0 nitrogen and oxygen atoms in total. The van der Waals surface area contributed by atoms with E-state index in [0.717, 1.165) is 0 Å². The molecule has 0 spiro atoms. The summed E-state index contributed by atoms with van der Waals surface area (Å²) in [5.74, 6) is 0. The van der Waals surface area contributed by atoms with Crippen molar-refractivity contribution < 1.29 is 26.3 Å². The second kappa shape index (κ2) is 16.4. The van der Waals surface area contributed by atoms with E-state index in [2.05, 4.69) is 0 Å². The largest absolute Gasteiger partial charge is 2.00 e. The first-order chi connectivity index (χ1) is 3.46. The molecule has 0 atom stereocenters. The molecule has 0 rings (SSSR count). The van der Waals surface area contributed by atoms with Gasteiger partial charge in [-0.25, -0.2) is 0 Å². The molecule has 0 N–H and O–H groups in total. The molecule has 0 amide bonds. The monoisotopic (exact) mass is 242 g/mol. The fraction of sp³-hybridized carbons (Fsp3) is 0. The Kier molecular flexibility index (Phi) is 36.9. The average Bonchev–Trinajstić information content (AvgIpc) is 1.25. The van der Waals surface area contributed by atoms with Crippen LogP contribution in [0, 0.1) is 13.4 Å². The summed E-state index contributed by atoms with van der Waals surface area (Å²) in [4.78, 5) is 0. The van der Waals surface area contributed by atoms with E-state index in [4.69, 9.17) is 0 Å². The van der Waals surface area contributed by atoms with Gasteiger partial charge >= 0.3 is 23.1 Å². The topological polar surface area (TPSA) is 0 Å². The molecule has 0 aliphatic carbocycles. The second-order valence-corrected chi connectivity index (χ2v) is 0.429. The molecule has 8 heteroatoms. The third-order valence-corrected chi connectivity index (χ3v) is 0. The van der Waals surface area contributed by atoms with Crippen molar-refractivity contribution in [1.29, 1.82) is 0 Å². The standard InChI is InChI=1S/2CF3.BrH.Mg/c2*2-1(3)4;;/h;;1H;/q2*-1;;+2. The van der Waals surface area contributed by atoms with E-state index < -0.39 is 13.4 Å². The van der Waals surface area contributed by atoms with Crippen molar-refractivity contribution >= 4 is 40.0 Å². The van der Waals surface area contributed by atoms with Gasteiger partial charge in [0.15, 0.2) is 13.4 Å². The predicted octanol–water partition coefficient (Wildman–Crippen LogP) is 2.88. The Bertz CT molecular complexity index is 31.2. The third-order valence-electron chi connectivity index (χ3n) is 0. The summed E-state index contributed by atoms with van der Waals surface area (Å²) in [6.45, 7) is -6.17. The summed E-state index contributed by atoms with van der Waals surface area (Å²) in [6.07, 6.45) is 0. The Labute approximate surface area is 79.9 Å². The van der Waals surface area contributed by atoms with E-state index in [1.807, 2.05) is 0 Å². The van der Waals surface area contributed by atoms with Gasteiger partial charge in [0, 0.05) is 0 Å². The fourth-order valence-electron chi connectivity index (χ4n) is 0. The van der Waals surface area contributed by atoms with Crippen LogP contribution >= 0.6 is 17.0 Å². The average molecular weight is 243 g/mol. The van der Waals surface area contributed by atoms with Gasteiger partial charge in [0.25, 0.3) is 0 Å². The van der Waals surface area contributed by atoms with Gasteiger partial charge in [-0.2, -0.15) is 0 Å². The van der Waals surface area contributed by atoms with Crippen LogP contribution in [-0.2, 0) is 0 Å². The van der Waals surface area contributed by atoms with Crippen LogP contribution < -0.4 is 0 Å². The van der Waals surface area contributed by atoms with E-state index in [9.17, 15) is 26.3 Å². The van der Waals surface area contributed by atoms with Crippen molar-refractivity contribution in [3.63, 3.8) is 0 Å². The molecule has 0 bridgehead atoms. The van der Waals surface area contributed by atoms with Gasteiger partial charge in [0.2, 0.25) is 0 Å². The summed E-state index contributed by atoms with van der Waals surface area (Å²) in [6, 6.07) is 0. The molecule has 0 unspecified atom stereocenters. The molecule has 0 heterocycles. The first kappa shape index (κ1) is 22.4. The van der Waals surface area contributed by atoms with E-state index >= 15 is 0 Å². The molecule has 0 aromatic heterocycles. The summed E-state index contributed by atoms with van der Waals surface area (Å²) >= 11 is 0. The maximum Gasteiger partial charge on any atom is 2.00 e. The molecule has 60 valence electrons. The molecule has 0 saturated heterocycles. The Hall–Kier alpha value is 0.826. The molecular formula is C2HBrF6Mg. The molecule has 0 aliphatic heterocycles. The Morgan fingerprint density at radius 1 is 0.600 bits per heavy atom. The van der Waals surface area contributed by atoms with Gasteiger partial charge in [-0.05, 0) is 0 Å². The zero-order valence-corrected chi connectivity index (χ0v) is 7.51. The quantitative estimate of drug-likeness (QED) is 0.348. The maximum atomic E-state index is 9.58. The molecule has 10 heavy (non-hydrogen) atoms. The van der Waals surface area contributed by atoms with E-state index in [0.29, 0.717) is 0 Å². The van der Waals surface area contributed by atoms with E-state index in [1.54, 1.807) is 0 Å². The van der Waals surface area contributed by atoms with E-state index in [1.165, 1.54) is 0 Å². The minimum absolute atomic E-state index is 0. The van der Waals surface area contributed by atoms with Crippen molar-refractivity contribution in [2.45, 2.75) is 0 Å². The Balaban J connectivity index is -0.0000000300. The van der Waals surface area contributed by atoms with Crippen LogP contribution in [0.2, 0.25) is 0 Å². The normalized spacial score (nSPS) is 7.20. The van der Waals surface area contributed by atoms with Crippen molar-refractivity contribution in [3.05, 3.63) is 13.4 Å². The Morgan fingerprint density at radius 2 is 0.600 bits per heavy atom. The first-order valence-electron chi connectivity index (χ1n) is 1.13. The van der Waals surface area contributed by atoms with Crippen LogP contribution in [-0.4, -0.2) is 23.1 Å². The van der Waals surface area contributed by atoms with Gasteiger partial charge in [-0.1, -0.05) is 0 Å². The molecule has 0 aromatic carbocycles. The van der Waals surface area contributed by atoms with E-state index in [-0.39, 0.29) is 40.0 Å². The molecule has 0 saturated carbocycles.